The van der Waals surface area contributed by atoms with Crippen molar-refractivity contribution in [2.45, 2.75) is 123 Å². The van der Waals surface area contributed by atoms with Gasteiger partial charge in [0.1, 0.15) is 11.9 Å². The summed E-state index contributed by atoms with van der Waals surface area (Å²) in [6, 6.07) is 0. The lowest BCUT2D eigenvalue weighted by molar-refractivity contribution is -0.676. The van der Waals surface area contributed by atoms with Crippen LogP contribution < -0.4 is 4.57 Å². The summed E-state index contributed by atoms with van der Waals surface area (Å²) >= 11 is 0. The van der Waals surface area contributed by atoms with E-state index >= 15 is 0 Å². The quantitative estimate of drug-likeness (QED) is 0.232. The van der Waals surface area contributed by atoms with E-state index in [0.717, 1.165) is 0 Å². The minimum absolute atomic E-state index is 1.21. The predicted octanol–water partition coefficient (Wildman–Crippen LogP) is 6.95. The van der Waals surface area contributed by atoms with Crippen LogP contribution in [0.4, 0.5) is 0 Å². The Hall–Kier alpha value is -0.790. The van der Waals surface area contributed by atoms with Crippen LogP contribution in [-0.2, 0) is 13.5 Å². The molecule has 1 N–H and O–H groups in total. The standard InChI is InChI=1S/C23H44N2/c1-4-5-6-7-8-9-10-11-12-13-14-15-16-17-18-19-20-23-21-25(3)22(2)24-23/h21H,4-20H2,1-3H3/p+1. The third kappa shape index (κ3) is 12.2. The van der Waals surface area contributed by atoms with Crippen molar-refractivity contribution < 1.29 is 4.57 Å². The molecule has 2 heteroatoms. The van der Waals surface area contributed by atoms with E-state index in [-0.39, 0.29) is 0 Å². The number of imidazole rings is 1. The highest BCUT2D eigenvalue weighted by Gasteiger charge is 2.06. The van der Waals surface area contributed by atoms with Gasteiger partial charge in [-0.05, 0) is 6.42 Å². The number of aromatic amines is 1. The van der Waals surface area contributed by atoms with Crippen molar-refractivity contribution in [3.05, 3.63) is 17.7 Å². The second-order valence-corrected chi connectivity index (χ2v) is 8.03. The highest BCUT2D eigenvalue weighted by atomic mass is 15.0. The van der Waals surface area contributed by atoms with E-state index in [1.54, 1.807) is 0 Å². The average Bonchev–Trinajstić information content (AvgIpc) is 2.92. The fourth-order valence-corrected chi connectivity index (χ4v) is 3.67. The predicted molar refractivity (Wildman–Crippen MR) is 110 cm³/mol. The number of unbranched alkanes of at least 4 members (excludes halogenated alkanes) is 15. The smallest absolute Gasteiger partial charge is 0.245 e. The monoisotopic (exact) mass is 349 g/mol. The first-order valence-corrected chi connectivity index (χ1v) is 11.3. The van der Waals surface area contributed by atoms with Crippen molar-refractivity contribution in [1.82, 2.24) is 4.98 Å². The zero-order valence-electron chi connectivity index (χ0n) is 17.5. The Morgan fingerprint density at radius 1 is 0.680 bits per heavy atom. The Morgan fingerprint density at radius 2 is 1.08 bits per heavy atom. The van der Waals surface area contributed by atoms with Crippen molar-refractivity contribution in [1.29, 1.82) is 0 Å². The molecule has 0 atom stereocenters. The summed E-state index contributed by atoms with van der Waals surface area (Å²) in [6.07, 6.45) is 26.5. The van der Waals surface area contributed by atoms with Crippen molar-refractivity contribution in [2.75, 3.05) is 0 Å². The van der Waals surface area contributed by atoms with Gasteiger partial charge in [0.25, 0.3) is 5.82 Å². The molecule has 1 aromatic heterocycles. The van der Waals surface area contributed by atoms with Crippen LogP contribution in [0.2, 0.25) is 0 Å². The molecule has 0 fully saturated rings. The molecule has 0 aliphatic heterocycles. The zero-order valence-corrected chi connectivity index (χ0v) is 17.5. The van der Waals surface area contributed by atoms with Gasteiger partial charge in [-0.25, -0.2) is 9.55 Å². The molecule has 0 saturated heterocycles. The van der Waals surface area contributed by atoms with Gasteiger partial charge < -0.3 is 0 Å². The van der Waals surface area contributed by atoms with Crippen LogP contribution in [0, 0.1) is 6.92 Å². The molecule has 1 aromatic rings. The van der Waals surface area contributed by atoms with Gasteiger partial charge in [-0.2, -0.15) is 0 Å². The van der Waals surface area contributed by atoms with Crippen molar-refractivity contribution in [2.24, 2.45) is 7.05 Å². The van der Waals surface area contributed by atoms with Crippen molar-refractivity contribution in [3.8, 4) is 0 Å². The third-order valence-electron chi connectivity index (χ3n) is 5.52. The minimum atomic E-state index is 1.21. The van der Waals surface area contributed by atoms with Gasteiger partial charge in [0.15, 0.2) is 0 Å². The van der Waals surface area contributed by atoms with Crippen LogP contribution in [0.3, 0.4) is 0 Å². The lowest BCUT2D eigenvalue weighted by atomic mass is 10.0. The van der Waals surface area contributed by atoms with Crippen LogP contribution in [0.5, 0.6) is 0 Å². The number of nitrogens with one attached hydrogen (secondary N) is 1. The fourth-order valence-electron chi connectivity index (χ4n) is 3.67. The van der Waals surface area contributed by atoms with Crippen LogP contribution >= 0.6 is 0 Å². The van der Waals surface area contributed by atoms with E-state index in [2.05, 4.69) is 36.6 Å². The Labute approximate surface area is 157 Å². The Bertz CT molecular complexity index is 389. The van der Waals surface area contributed by atoms with E-state index in [0.29, 0.717) is 0 Å². The molecule has 2 nitrogen and oxygen atoms in total. The molecule has 0 aliphatic carbocycles. The maximum atomic E-state index is 3.46. The highest BCUT2D eigenvalue weighted by molar-refractivity contribution is 4.93. The molecule has 0 aliphatic rings. The summed E-state index contributed by atoms with van der Waals surface area (Å²) in [6.45, 7) is 4.43. The van der Waals surface area contributed by atoms with Gasteiger partial charge in [0.2, 0.25) is 0 Å². The highest BCUT2D eigenvalue weighted by Crippen LogP contribution is 2.14. The van der Waals surface area contributed by atoms with E-state index in [1.807, 2.05) is 0 Å². The molecule has 0 amide bonds. The molecule has 0 bridgehead atoms. The van der Waals surface area contributed by atoms with Crippen LogP contribution in [0.1, 0.15) is 121 Å². The Kier molecular flexibility index (Phi) is 13.8. The zero-order chi connectivity index (χ0) is 18.2. The maximum absolute atomic E-state index is 3.46. The summed E-state index contributed by atoms with van der Waals surface area (Å²) in [5.74, 6) is 1.26. The average molecular weight is 350 g/mol. The van der Waals surface area contributed by atoms with Gasteiger partial charge in [-0.15, -0.1) is 0 Å². The molecule has 146 valence electrons. The molecule has 0 unspecified atom stereocenters. The van der Waals surface area contributed by atoms with E-state index in [4.69, 9.17) is 0 Å². The first kappa shape index (κ1) is 22.3. The number of aromatic nitrogens is 2. The number of nitrogens with zero attached hydrogens (tertiary/aromatic N) is 1. The summed E-state index contributed by atoms with van der Waals surface area (Å²) < 4.78 is 2.18. The summed E-state index contributed by atoms with van der Waals surface area (Å²) in [5, 5.41) is 0. The first-order chi connectivity index (χ1) is 12.2. The molecule has 0 saturated carbocycles. The fraction of sp³-hybridized carbons (Fsp3) is 0.870. The SMILES string of the molecule is CCCCCCCCCCCCCCCCCCc1c[n+](C)c(C)[nH]1. The lowest BCUT2D eigenvalue weighted by Gasteiger charge is -2.03. The Balaban J connectivity index is 1.74. The summed E-state index contributed by atoms with van der Waals surface area (Å²) in [7, 11) is 2.11. The molecular formula is C23H45N2+. The van der Waals surface area contributed by atoms with E-state index in [1.165, 1.54) is 121 Å². The van der Waals surface area contributed by atoms with Crippen molar-refractivity contribution in [3.63, 3.8) is 0 Å². The lowest BCUT2D eigenvalue weighted by Crippen LogP contribution is -2.28. The van der Waals surface area contributed by atoms with Crippen LogP contribution in [0.25, 0.3) is 0 Å². The molecular weight excluding hydrogens is 304 g/mol. The van der Waals surface area contributed by atoms with Gasteiger partial charge in [-0.1, -0.05) is 103 Å². The normalized spacial score (nSPS) is 11.3. The number of hydrogen-bond acceptors (Lipinski definition) is 0. The number of H-pyrrole nitrogens is 1. The molecule has 0 radical (unpaired) electrons. The topological polar surface area (TPSA) is 19.7 Å². The van der Waals surface area contributed by atoms with Crippen LogP contribution in [-0.4, -0.2) is 4.98 Å². The molecule has 25 heavy (non-hydrogen) atoms. The summed E-state index contributed by atoms with van der Waals surface area (Å²) in [4.78, 5) is 3.46. The second-order valence-electron chi connectivity index (χ2n) is 8.03. The van der Waals surface area contributed by atoms with Gasteiger partial charge in [0, 0.05) is 13.3 Å². The number of aryl methyl sites for hydroxylation is 3. The van der Waals surface area contributed by atoms with Gasteiger partial charge in [0.05, 0.1) is 7.05 Å². The molecule has 0 aromatic carbocycles. The Morgan fingerprint density at radius 3 is 1.44 bits per heavy atom. The number of rotatable bonds is 17. The van der Waals surface area contributed by atoms with E-state index < -0.39 is 0 Å². The van der Waals surface area contributed by atoms with E-state index in [9.17, 15) is 0 Å². The maximum Gasteiger partial charge on any atom is 0.251 e. The first-order valence-electron chi connectivity index (χ1n) is 11.3. The van der Waals surface area contributed by atoms with Gasteiger partial charge >= 0.3 is 0 Å². The summed E-state index contributed by atoms with van der Waals surface area (Å²) in [5.41, 5.74) is 1.39. The second kappa shape index (κ2) is 15.5. The molecule has 0 spiro atoms. The molecule has 1 heterocycles. The number of hydrogen-bond donors (Lipinski definition) is 1. The minimum Gasteiger partial charge on any atom is -0.245 e. The van der Waals surface area contributed by atoms with Crippen molar-refractivity contribution >= 4 is 0 Å². The molecule has 1 rings (SSSR count). The largest absolute Gasteiger partial charge is 0.251 e. The third-order valence-corrected chi connectivity index (χ3v) is 5.52. The van der Waals surface area contributed by atoms with Gasteiger partial charge in [-0.3, -0.25) is 0 Å². The van der Waals surface area contributed by atoms with Crippen LogP contribution in [0.15, 0.2) is 6.20 Å².